The molecule has 0 fully saturated rings. The highest BCUT2D eigenvalue weighted by Gasteiger charge is 2.32. The predicted octanol–water partition coefficient (Wildman–Crippen LogP) is 1.31. The van der Waals surface area contributed by atoms with E-state index in [0.717, 1.165) is 0 Å². The summed E-state index contributed by atoms with van der Waals surface area (Å²) >= 11 is 0. The average Bonchev–Trinajstić information content (AvgIpc) is 2.24. The van der Waals surface area contributed by atoms with Gasteiger partial charge in [-0.1, -0.05) is 26.8 Å². The second kappa shape index (κ2) is 4.95. The lowest BCUT2D eigenvalue weighted by atomic mass is 9.86. The Morgan fingerprint density at radius 1 is 1.35 bits per heavy atom. The van der Waals surface area contributed by atoms with Crippen LogP contribution in [0.2, 0.25) is 0 Å². The number of carboxylic acid groups (broad SMARTS) is 1. The van der Waals surface area contributed by atoms with Crippen LogP contribution in [0.4, 0.5) is 0 Å². The van der Waals surface area contributed by atoms with Gasteiger partial charge >= 0.3 is 5.97 Å². The van der Waals surface area contributed by atoms with Crippen molar-refractivity contribution in [2.45, 2.75) is 26.8 Å². The van der Waals surface area contributed by atoms with Crippen molar-refractivity contribution in [3.63, 3.8) is 0 Å². The molecule has 1 aromatic heterocycles. The molecule has 0 aliphatic carbocycles. The van der Waals surface area contributed by atoms with Crippen LogP contribution in [0, 0.1) is 5.41 Å². The second-order valence-electron chi connectivity index (χ2n) is 4.83. The molecule has 5 nitrogen and oxygen atoms in total. The summed E-state index contributed by atoms with van der Waals surface area (Å²) in [7, 11) is 0. The first-order chi connectivity index (χ1) is 7.82. The molecule has 2 N–H and O–H groups in total. The molecule has 0 aliphatic rings. The molecule has 1 amide bonds. The molecular weight excluding hydrogens is 220 g/mol. The van der Waals surface area contributed by atoms with Crippen molar-refractivity contribution >= 4 is 11.9 Å². The van der Waals surface area contributed by atoms with Gasteiger partial charge in [0.15, 0.2) is 0 Å². The standard InChI is InChI=1S/C12H16N2O3/c1-12(2,3)9(11(16)17)14-10(15)8-6-4-5-7-13-8/h4-7,9H,1-3H3,(H,14,15)(H,16,17)/t9-/m0/s1. The van der Waals surface area contributed by atoms with Crippen molar-refractivity contribution in [2.75, 3.05) is 0 Å². The van der Waals surface area contributed by atoms with Gasteiger partial charge < -0.3 is 10.4 Å². The minimum atomic E-state index is -1.05. The van der Waals surface area contributed by atoms with E-state index in [-0.39, 0.29) is 5.69 Å². The number of aromatic nitrogens is 1. The highest BCUT2D eigenvalue weighted by Crippen LogP contribution is 2.19. The monoisotopic (exact) mass is 236 g/mol. The van der Waals surface area contributed by atoms with Crippen LogP contribution >= 0.6 is 0 Å². The number of aliphatic carboxylic acids is 1. The fraction of sp³-hybridized carbons (Fsp3) is 0.417. The Labute approximate surface area is 99.9 Å². The van der Waals surface area contributed by atoms with Crippen LogP contribution in [0.3, 0.4) is 0 Å². The molecule has 1 atom stereocenters. The normalized spacial score (nSPS) is 12.9. The molecule has 0 bridgehead atoms. The van der Waals surface area contributed by atoms with Crippen LogP contribution in [0.15, 0.2) is 24.4 Å². The topological polar surface area (TPSA) is 79.3 Å². The lowest BCUT2D eigenvalue weighted by molar-refractivity contribution is -0.142. The molecule has 0 unspecified atom stereocenters. The quantitative estimate of drug-likeness (QED) is 0.829. The summed E-state index contributed by atoms with van der Waals surface area (Å²) in [6.45, 7) is 5.26. The van der Waals surface area contributed by atoms with Gasteiger partial charge in [0.05, 0.1) is 0 Å². The van der Waals surface area contributed by atoms with E-state index < -0.39 is 23.3 Å². The summed E-state index contributed by atoms with van der Waals surface area (Å²) in [6, 6.07) is 3.96. The van der Waals surface area contributed by atoms with Gasteiger partial charge in [0, 0.05) is 6.20 Å². The summed E-state index contributed by atoms with van der Waals surface area (Å²) < 4.78 is 0. The molecule has 0 aliphatic heterocycles. The van der Waals surface area contributed by atoms with Crippen molar-refractivity contribution in [1.82, 2.24) is 10.3 Å². The number of carbonyl (C=O) groups is 2. The van der Waals surface area contributed by atoms with Crippen LogP contribution in [0.1, 0.15) is 31.3 Å². The van der Waals surface area contributed by atoms with Gasteiger partial charge in [0.1, 0.15) is 11.7 Å². The maximum absolute atomic E-state index is 11.8. The smallest absolute Gasteiger partial charge is 0.326 e. The van der Waals surface area contributed by atoms with Crippen molar-refractivity contribution in [3.05, 3.63) is 30.1 Å². The fourth-order valence-electron chi connectivity index (χ4n) is 1.35. The summed E-state index contributed by atoms with van der Waals surface area (Å²) in [5, 5.41) is 11.5. The maximum Gasteiger partial charge on any atom is 0.326 e. The van der Waals surface area contributed by atoms with Gasteiger partial charge in [-0.25, -0.2) is 4.79 Å². The van der Waals surface area contributed by atoms with Gasteiger partial charge in [0.25, 0.3) is 5.91 Å². The first kappa shape index (κ1) is 13.2. The lowest BCUT2D eigenvalue weighted by Gasteiger charge is -2.27. The number of hydrogen-bond acceptors (Lipinski definition) is 3. The Kier molecular flexibility index (Phi) is 3.83. The van der Waals surface area contributed by atoms with E-state index in [1.165, 1.54) is 12.3 Å². The third kappa shape index (κ3) is 3.55. The van der Waals surface area contributed by atoms with Gasteiger partial charge in [-0.3, -0.25) is 9.78 Å². The number of rotatable bonds is 3. The number of nitrogens with zero attached hydrogens (tertiary/aromatic N) is 1. The summed E-state index contributed by atoms with van der Waals surface area (Å²) in [6.07, 6.45) is 1.49. The average molecular weight is 236 g/mol. The highest BCUT2D eigenvalue weighted by molar-refractivity contribution is 5.95. The van der Waals surface area contributed by atoms with E-state index in [4.69, 9.17) is 5.11 Å². The van der Waals surface area contributed by atoms with Crippen LogP contribution in [0.5, 0.6) is 0 Å². The number of amides is 1. The largest absolute Gasteiger partial charge is 0.480 e. The zero-order valence-corrected chi connectivity index (χ0v) is 10.1. The third-order valence-corrected chi connectivity index (χ3v) is 2.29. The second-order valence-corrected chi connectivity index (χ2v) is 4.83. The summed E-state index contributed by atoms with van der Waals surface area (Å²) in [4.78, 5) is 26.7. The van der Waals surface area contributed by atoms with E-state index in [9.17, 15) is 9.59 Å². The Hall–Kier alpha value is -1.91. The Morgan fingerprint density at radius 3 is 2.41 bits per heavy atom. The van der Waals surface area contributed by atoms with Crippen LogP contribution < -0.4 is 5.32 Å². The van der Waals surface area contributed by atoms with Crippen molar-refractivity contribution in [3.8, 4) is 0 Å². The molecule has 1 rings (SSSR count). The Bertz CT molecular complexity index is 410. The molecule has 1 heterocycles. The number of nitrogens with one attached hydrogen (secondary N) is 1. The minimum Gasteiger partial charge on any atom is -0.480 e. The maximum atomic E-state index is 11.8. The fourth-order valence-corrected chi connectivity index (χ4v) is 1.35. The van der Waals surface area contributed by atoms with Crippen LogP contribution in [-0.4, -0.2) is 28.0 Å². The van der Waals surface area contributed by atoms with E-state index in [2.05, 4.69) is 10.3 Å². The van der Waals surface area contributed by atoms with Gasteiger partial charge in [0.2, 0.25) is 0 Å². The Morgan fingerprint density at radius 2 is 2.00 bits per heavy atom. The SMILES string of the molecule is CC(C)(C)[C@@H](NC(=O)c1ccccn1)C(=O)O. The van der Waals surface area contributed by atoms with Crippen molar-refractivity contribution in [1.29, 1.82) is 0 Å². The minimum absolute atomic E-state index is 0.211. The summed E-state index contributed by atoms with van der Waals surface area (Å²) in [5.74, 6) is -1.53. The highest BCUT2D eigenvalue weighted by atomic mass is 16.4. The number of hydrogen-bond donors (Lipinski definition) is 2. The van der Waals surface area contributed by atoms with Crippen LogP contribution in [-0.2, 0) is 4.79 Å². The molecule has 5 heteroatoms. The van der Waals surface area contributed by atoms with Crippen molar-refractivity contribution < 1.29 is 14.7 Å². The lowest BCUT2D eigenvalue weighted by Crippen LogP contribution is -2.49. The van der Waals surface area contributed by atoms with E-state index >= 15 is 0 Å². The molecule has 0 spiro atoms. The molecule has 17 heavy (non-hydrogen) atoms. The first-order valence-electron chi connectivity index (χ1n) is 5.27. The molecule has 0 radical (unpaired) electrons. The van der Waals surface area contributed by atoms with E-state index in [1.807, 2.05) is 0 Å². The zero-order valence-electron chi connectivity index (χ0n) is 10.1. The number of pyridine rings is 1. The zero-order chi connectivity index (χ0) is 13.1. The van der Waals surface area contributed by atoms with Gasteiger partial charge in [-0.2, -0.15) is 0 Å². The Balaban J connectivity index is 2.83. The molecular formula is C12H16N2O3. The van der Waals surface area contributed by atoms with E-state index in [0.29, 0.717) is 0 Å². The third-order valence-electron chi connectivity index (χ3n) is 2.29. The van der Waals surface area contributed by atoms with Crippen LogP contribution in [0.25, 0.3) is 0 Å². The van der Waals surface area contributed by atoms with Crippen molar-refractivity contribution in [2.24, 2.45) is 5.41 Å². The molecule has 1 aromatic rings. The summed E-state index contributed by atoms with van der Waals surface area (Å²) in [5.41, 5.74) is -0.348. The molecule has 0 saturated heterocycles. The first-order valence-corrected chi connectivity index (χ1v) is 5.27. The van der Waals surface area contributed by atoms with Gasteiger partial charge in [-0.05, 0) is 17.5 Å². The van der Waals surface area contributed by atoms with Gasteiger partial charge in [-0.15, -0.1) is 0 Å². The molecule has 0 aromatic carbocycles. The predicted molar refractivity (Wildman–Crippen MR) is 62.6 cm³/mol. The number of carbonyl (C=O) groups excluding carboxylic acids is 1. The molecule has 92 valence electrons. The van der Waals surface area contributed by atoms with E-state index in [1.54, 1.807) is 32.9 Å². The molecule has 0 saturated carbocycles. The number of carboxylic acids is 1.